The molecule has 0 bridgehead atoms. The molecular weight excluding hydrogens is 364 g/mol. The molecule has 2 fully saturated rings. The summed E-state index contributed by atoms with van der Waals surface area (Å²) in [4.78, 5) is 7.02. The van der Waals surface area contributed by atoms with Crippen LogP contribution in [0.1, 0.15) is 86.7 Å². The van der Waals surface area contributed by atoms with Crippen molar-refractivity contribution in [2.45, 2.75) is 84.0 Å². The summed E-state index contributed by atoms with van der Waals surface area (Å²) in [5.41, 5.74) is 5.22. The molecule has 2 aromatic rings. The third kappa shape index (κ3) is 3.34. The molecule has 150 valence electrons. The van der Waals surface area contributed by atoms with Crippen LogP contribution in [0.25, 0.3) is 0 Å². The van der Waals surface area contributed by atoms with Gasteiger partial charge in [0.05, 0.1) is 17.8 Å². The van der Waals surface area contributed by atoms with Gasteiger partial charge in [0.25, 0.3) is 0 Å². The number of pyridine rings is 1. The van der Waals surface area contributed by atoms with Crippen LogP contribution >= 0.6 is 12.2 Å². The standard InChI is InChI=1S/C23H32N4S/c1-15(2)26-22(21(25-23(26)28)20-12-8-9-13-24-20)19-14-16(3)27(17(19)4)18-10-6-5-7-11-18/h8-9,12-15,18,21-22H,5-7,10-11H2,1-4H3,(H,25,28)/t21-,22-/m0/s1. The van der Waals surface area contributed by atoms with E-state index in [4.69, 9.17) is 12.2 Å². The van der Waals surface area contributed by atoms with Crippen LogP contribution in [0.15, 0.2) is 30.5 Å². The predicted molar refractivity (Wildman–Crippen MR) is 118 cm³/mol. The Balaban J connectivity index is 1.78. The van der Waals surface area contributed by atoms with Gasteiger partial charge in [0.2, 0.25) is 0 Å². The van der Waals surface area contributed by atoms with E-state index in [-0.39, 0.29) is 12.1 Å². The lowest BCUT2D eigenvalue weighted by Crippen LogP contribution is -2.35. The highest BCUT2D eigenvalue weighted by Gasteiger charge is 2.42. The number of hydrogen-bond acceptors (Lipinski definition) is 2. The van der Waals surface area contributed by atoms with Gasteiger partial charge in [0, 0.05) is 29.7 Å². The summed E-state index contributed by atoms with van der Waals surface area (Å²) in [5.74, 6) is 0. The van der Waals surface area contributed by atoms with E-state index in [1.54, 1.807) is 0 Å². The third-order valence-corrected chi connectivity index (χ3v) is 6.80. The van der Waals surface area contributed by atoms with Gasteiger partial charge in [-0.3, -0.25) is 4.98 Å². The van der Waals surface area contributed by atoms with Crippen LogP contribution in [-0.2, 0) is 0 Å². The number of hydrogen-bond donors (Lipinski definition) is 1. The second-order valence-corrected chi connectivity index (χ2v) is 9.00. The van der Waals surface area contributed by atoms with E-state index < -0.39 is 0 Å². The van der Waals surface area contributed by atoms with Gasteiger partial charge in [-0.05, 0) is 76.5 Å². The molecule has 1 saturated heterocycles. The van der Waals surface area contributed by atoms with Crippen LogP contribution in [0, 0.1) is 13.8 Å². The normalized spacial score (nSPS) is 23.5. The zero-order valence-electron chi connectivity index (χ0n) is 17.5. The first kappa shape index (κ1) is 19.4. The van der Waals surface area contributed by atoms with Gasteiger partial charge in [0.15, 0.2) is 5.11 Å². The summed E-state index contributed by atoms with van der Waals surface area (Å²) in [6.07, 6.45) is 8.55. The monoisotopic (exact) mass is 396 g/mol. The molecule has 3 heterocycles. The van der Waals surface area contributed by atoms with Gasteiger partial charge < -0.3 is 14.8 Å². The Morgan fingerprint density at radius 1 is 1.14 bits per heavy atom. The number of rotatable bonds is 4. The molecule has 2 atom stereocenters. The van der Waals surface area contributed by atoms with Crippen molar-refractivity contribution in [1.82, 2.24) is 19.8 Å². The molecule has 4 nitrogen and oxygen atoms in total. The second kappa shape index (κ2) is 7.86. The van der Waals surface area contributed by atoms with Crippen LogP contribution < -0.4 is 5.32 Å². The molecule has 2 aliphatic rings. The zero-order chi connectivity index (χ0) is 19.8. The highest BCUT2D eigenvalue weighted by molar-refractivity contribution is 7.80. The van der Waals surface area contributed by atoms with E-state index in [0.29, 0.717) is 12.1 Å². The summed E-state index contributed by atoms with van der Waals surface area (Å²) in [6, 6.07) is 9.77. The smallest absolute Gasteiger partial charge is 0.170 e. The second-order valence-electron chi connectivity index (χ2n) is 8.62. The summed E-state index contributed by atoms with van der Waals surface area (Å²) in [6.45, 7) is 9.01. The van der Waals surface area contributed by atoms with E-state index in [9.17, 15) is 0 Å². The van der Waals surface area contributed by atoms with Crippen molar-refractivity contribution in [3.05, 3.63) is 53.1 Å². The number of thiocarbonyl (C=S) groups is 1. The van der Waals surface area contributed by atoms with E-state index in [1.165, 1.54) is 49.1 Å². The van der Waals surface area contributed by atoms with Gasteiger partial charge >= 0.3 is 0 Å². The number of nitrogens with zero attached hydrogens (tertiary/aromatic N) is 3. The van der Waals surface area contributed by atoms with E-state index in [0.717, 1.165) is 10.8 Å². The molecule has 0 amide bonds. The number of aryl methyl sites for hydroxylation is 1. The quantitative estimate of drug-likeness (QED) is 0.703. The maximum atomic E-state index is 5.76. The average molecular weight is 397 g/mol. The maximum Gasteiger partial charge on any atom is 0.170 e. The van der Waals surface area contributed by atoms with Crippen molar-refractivity contribution in [1.29, 1.82) is 0 Å². The topological polar surface area (TPSA) is 33.1 Å². The molecule has 2 aromatic heterocycles. The van der Waals surface area contributed by atoms with Gasteiger partial charge in [-0.1, -0.05) is 25.3 Å². The first-order valence-corrected chi connectivity index (χ1v) is 11.1. The van der Waals surface area contributed by atoms with Crippen molar-refractivity contribution >= 4 is 17.3 Å². The highest BCUT2D eigenvalue weighted by Crippen LogP contribution is 2.43. The lowest BCUT2D eigenvalue weighted by Gasteiger charge is -2.32. The van der Waals surface area contributed by atoms with Crippen molar-refractivity contribution < 1.29 is 0 Å². The largest absolute Gasteiger partial charge is 0.352 e. The Kier molecular flexibility index (Phi) is 5.46. The molecule has 1 saturated carbocycles. The number of nitrogens with one attached hydrogen (secondary N) is 1. The van der Waals surface area contributed by atoms with E-state index >= 15 is 0 Å². The Labute approximate surface area is 174 Å². The summed E-state index contributed by atoms with van der Waals surface area (Å²) in [7, 11) is 0. The zero-order valence-corrected chi connectivity index (χ0v) is 18.3. The van der Waals surface area contributed by atoms with Crippen LogP contribution in [0.4, 0.5) is 0 Å². The molecule has 0 radical (unpaired) electrons. The Bertz CT molecular complexity index is 836. The summed E-state index contributed by atoms with van der Waals surface area (Å²) >= 11 is 5.76. The molecule has 28 heavy (non-hydrogen) atoms. The van der Waals surface area contributed by atoms with Crippen molar-refractivity contribution in [2.75, 3.05) is 0 Å². The van der Waals surface area contributed by atoms with Crippen LogP contribution in [0.5, 0.6) is 0 Å². The Morgan fingerprint density at radius 2 is 1.89 bits per heavy atom. The van der Waals surface area contributed by atoms with Gasteiger partial charge in [-0.2, -0.15) is 0 Å². The van der Waals surface area contributed by atoms with Gasteiger partial charge in [-0.25, -0.2) is 0 Å². The number of aromatic nitrogens is 2. The fraction of sp³-hybridized carbons (Fsp3) is 0.565. The van der Waals surface area contributed by atoms with Crippen LogP contribution in [-0.4, -0.2) is 25.6 Å². The molecule has 0 spiro atoms. The lowest BCUT2D eigenvalue weighted by molar-refractivity contribution is 0.267. The van der Waals surface area contributed by atoms with Gasteiger partial charge in [-0.15, -0.1) is 0 Å². The predicted octanol–water partition coefficient (Wildman–Crippen LogP) is 5.39. The lowest BCUT2D eigenvalue weighted by atomic mass is 9.94. The fourth-order valence-corrected chi connectivity index (χ4v) is 5.71. The minimum Gasteiger partial charge on any atom is -0.352 e. The average Bonchev–Trinajstić information content (AvgIpc) is 3.19. The van der Waals surface area contributed by atoms with Crippen molar-refractivity contribution in [3.63, 3.8) is 0 Å². The summed E-state index contributed by atoms with van der Waals surface area (Å²) < 4.78 is 2.60. The third-order valence-electron chi connectivity index (χ3n) is 6.47. The Hall–Kier alpha value is -1.88. The highest BCUT2D eigenvalue weighted by atomic mass is 32.1. The first-order valence-electron chi connectivity index (χ1n) is 10.7. The molecular formula is C23H32N4S. The molecule has 1 aliphatic carbocycles. The SMILES string of the molecule is Cc1cc([C@H]2[C@H](c3ccccn3)NC(=S)N2C(C)C)c(C)n1C1CCCCC1. The molecule has 4 rings (SSSR count). The molecule has 0 aromatic carbocycles. The minimum absolute atomic E-state index is 0.0800. The molecule has 5 heteroatoms. The molecule has 1 aliphatic heterocycles. The first-order chi connectivity index (χ1) is 13.5. The fourth-order valence-electron chi connectivity index (χ4n) is 5.26. The molecule has 0 unspecified atom stereocenters. The maximum absolute atomic E-state index is 5.76. The van der Waals surface area contributed by atoms with Crippen LogP contribution in [0.3, 0.4) is 0 Å². The summed E-state index contributed by atoms with van der Waals surface area (Å²) in [5, 5.41) is 4.40. The van der Waals surface area contributed by atoms with Crippen molar-refractivity contribution in [2.24, 2.45) is 0 Å². The van der Waals surface area contributed by atoms with Gasteiger partial charge in [0.1, 0.15) is 0 Å². The van der Waals surface area contributed by atoms with E-state index in [2.05, 4.69) is 65.7 Å². The minimum atomic E-state index is 0.0800. The van der Waals surface area contributed by atoms with Crippen molar-refractivity contribution in [3.8, 4) is 0 Å². The van der Waals surface area contributed by atoms with Crippen LogP contribution in [0.2, 0.25) is 0 Å². The van der Waals surface area contributed by atoms with E-state index in [1.807, 2.05) is 12.3 Å². The Morgan fingerprint density at radius 3 is 2.54 bits per heavy atom. The molecule has 1 N–H and O–H groups in total.